The summed E-state index contributed by atoms with van der Waals surface area (Å²) in [7, 11) is 1.31. The number of amidine groups is 1. The number of methoxy groups -OCH3 is 1. The number of halogens is 1. The highest BCUT2D eigenvalue weighted by atomic mass is 32.2. The Balaban J connectivity index is 1.95. The number of hydrogen-bond donors (Lipinski definition) is 2. The molecule has 10 heteroatoms. The molecule has 0 aliphatic carbocycles. The third kappa shape index (κ3) is 4.06. The van der Waals surface area contributed by atoms with Gasteiger partial charge in [-0.1, -0.05) is 0 Å². The highest BCUT2D eigenvalue weighted by molar-refractivity contribution is 8.18. The third-order valence-corrected chi connectivity index (χ3v) is 4.43. The van der Waals surface area contributed by atoms with Crippen LogP contribution >= 0.6 is 11.8 Å². The van der Waals surface area contributed by atoms with E-state index in [2.05, 4.69) is 10.3 Å². The highest BCUT2D eigenvalue weighted by Crippen LogP contribution is 2.36. The van der Waals surface area contributed by atoms with Gasteiger partial charge in [-0.15, -0.1) is 0 Å². The first kappa shape index (κ1) is 18.4. The van der Waals surface area contributed by atoms with E-state index in [1.807, 2.05) is 0 Å². The monoisotopic (exact) mass is 389 g/mol. The van der Waals surface area contributed by atoms with Crippen molar-refractivity contribution in [1.29, 1.82) is 0 Å². The molecule has 0 radical (unpaired) electrons. The molecule has 1 fully saturated rings. The molecular weight excluding hydrogens is 377 g/mol. The summed E-state index contributed by atoms with van der Waals surface area (Å²) in [6, 6.07) is 7.60. The molecule has 27 heavy (non-hydrogen) atoms. The van der Waals surface area contributed by atoms with Crippen LogP contribution in [0.15, 0.2) is 46.3 Å². The molecular formula is C17H12FN3O5S. The molecule has 1 aliphatic heterocycles. The minimum absolute atomic E-state index is 0.0380. The number of carbonyl (C=O) groups is 1. The molecule has 0 atom stereocenters. The number of hydrogen-bond acceptors (Lipinski definition) is 7. The average Bonchev–Trinajstić information content (AvgIpc) is 2.97. The Morgan fingerprint density at radius 3 is 2.67 bits per heavy atom. The van der Waals surface area contributed by atoms with E-state index in [-0.39, 0.29) is 32.8 Å². The lowest BCUT2D eigenvalue weighted by molar-refractivity contribution is -0.385. The molecule has 1 amide bonds. The predicted octanol–water partition coefficient (Wildman–Crippen LogP) is 3.34. The van der Waals surface area contributed by atoms with E-state index in [4.69, 9.17) is 4.74 Å². The number of benzene rings is 2. The lowest BCUT2D eigenvalue weighted by atomic mass is 10.1. The Morgan fingerprint density at radius 1 is 1.33 bits per heavy atom. The van der Waals surface area contributed by atoms with Gasteiger partial charge in [0.1, 0.15) is 5.82 Å². The largest absolute Gasteiger partial charge is 0.504 e. The van der Waals surface area contributed by atoms with Crippen molar-refractivity contribution in [2.75, 3.05) is 7.11 Å². The van der Waals surface area contributed by atoms with Gasteiger partial charge >= 0.3 is 0 Å². The van der Waals surface area contributed by atoms with Crippen LogP contribution in [-0.4, -0.2) is 28.2 Å². The van der Waals surface area contributed by atoms with Gasteiger partial charge in [-0.25, -0.2) is 9.38 Å². The molecule has 8 nitrogen and oxygen atoms in total. The van der Waals surface area contributed by atoms with Crippen LogP contribution in [0.1, 0.15) is 5.56 Å². The maximum absolute atomic E-state index is 12.9. The summed E-state index contributed by atoms with van der Waals surface area (Å²) in [5.41, 5.74) is 0.159. The van der Waals surface area contributed by atoms with Gasteiger partial charge in [0, 0.05) is 0 Å². The van der Waals surface area contributed by atoms with Gasteiger partial charge in [0.15, 0.2) is 16.7 Å². The van der Waals surface area contributed by atoms with Crippen molar-refractivity contribution >= 4 is 40.3 Å². The number of amides is 1. The van der Waals surface area contributed by atoms with E-state index in [0.29, 0.717) is 5.69 Å². The van der Waals surface area contributed by atoms with Gasteiger partial charge in [-0.05, 0) is 48.2 Å². The molecule has 2 N–H and O–H groups in total. The Labute approximate surface area is 156 Å². The number of nitrogens with one attached hydrogen (secondary N) is 1. The molecule has 2 aromatic rings. The maximum Gasteiger partial charge on any atom is 0.280 e. The first-order valence-corrected chi connectivity index (χ1v) is 8.29. The van der Waals surface area contributed by atoms with Crippen LogP contribution in [0.3, 0.4) is 0 Å². The number of carbonyl (C=O) groups excluding carboxylic acids is 1. The van der Waals surface area contributed by atoms with Crippen LogP contribution in [-0.2, 0) is 4.79 Å². The first-order valence-electron chi connectivity index (χ1n) is 7.48. The number of ether oxygens (including phenoxy) is 1. The van der Waals surface area contributed by atoms with Gasteiger partial charge in [-0.2, -0.15) is 0 Å². The fourth-order valence-corrected chi connectivity index (χ4v) is 3.10. The molecule has 3 rings (SSSR count). The molecule has 0 aromatic heterocycles. The van der Waals surface area contributed by atoms with E-state index < -0.39 is 16.6 Å². The standard InChI is InChI=1S/C17H12FN3O5S/c1-26-14-6-9(12(21(24)25)8-13(14)22)7-15-16(23)20-17(27-15)19-11-4-2-10(18)3-5-11/h2-8,22H,1H3,(H,19,20,23)/b15-7+. The minimum atomic E-state index is -0.670. The van der Waals surface area contributed by atoms with E-state index in [1.54, 1.807) is 0 Å². The van der Waals surface area contributed by atoms with Crippen molar-refractivity contribution in [3.05, 3.63) is 62.8 Å². The van der Waals surface area contributed by atoms with Gasteiger partial charge in [0.05, 0.1) is 34.3 Å². The zero-order valence-corrected chi connectivity index (χ0v) is 14.6. The van der Waals surface area contributed by atoms with Gasteiger partial charge in [0.2, 0.25) is 0 Å². The second-order valence-corrected chi connectivity index (χ2v) is 6.33. The first-order chi connectivity index (χ1) is 12.9. The number of nitrogens with zero attached hydrogens (tertiary/aromatic N) is 2. The number of thioether (sulfide) groups is 1. The van der Waals surface area contributed by atoms with Gasteiger partial charge in [0.25, 0.3) is 11.6 Å². The van der Waals surface area contributed by atoms with Crippen molar-refractivity contribution in [3.63, 3.8) is 0 Å². The Morgan fingerprint density at radius 2 is 2.04 bits per heavy atom. The zero-order chi connectivity index (χ0) is 19.6. The highest BCUT2D eigenvalue weighted by Gasteiger charge is 2.26. The van der Waals surface area contributed by atoms with Crippen LogP contribution in [0, 0.1) is 15.9 Å². The van der Waals surface area contributed by atoms with E-state index in [0.717, 1.165) is 17.8 Å². The second kappa shape index (κ2) is 7.46. The van der Waals surface area contributed by atoms with Crippen LogP contribution in [0.25, 0.3) is 6.08 Å². The minimum Gasteiger partial charge on any atom is -0.504 e. The second-order valence-electron chi connectivity index (χ2n) is 5.30. The normalized spacial score (nSPS) is 16.6. The topological polar surface area (TPSA) is 114 Å². The summed E-state index contributed by atoms with van der Waals surface area (Å²) in [5.74, 6) is -1.23. The Kier molecular flexibility index (Phi) is 5.08. The Hall–Kier alpha value is -3.40. The number of phenolic OH excluding ortho intramolecular Hbond substituents is 1. The summed E-state index contributed by atoms with van der Waals surface area (Å²) in [4.78, 5) is 27.1. The third-order valence-electron chi connectivity index (χ3n) is 3.52. The molecule has 1 saturated heterocycles. The number of nitro benzene ring substituents is 1. The van der Waals surface area contributed by atoms with Crippen LogP contribution in [0.2, 0.25) is 0 Å². The average molecular weight is 389 g/mol. The lowest BCUT2D eigenvalue weighted by Gasteiger charge is -2.05. The summed E-state index contributed by atoms with van der Waals surface area (Å²) < 4.78 is 17.9. The molecule has 1 heterocycles. The number of aromatic hydroxyl groups is 1. The van der Waals surface area contributed by atoms with Crippen molar-refractivity contribution < 1.29 is 24.0 Å². The maximum atomic E-state index is 12.9. The number of rotatable bonds is 4. The smallest absolute Gasteiger partial charge is 0.280 e. The van der Waals surface area contributed by atoms with Gasteiger partial charge in [-0.3, -0.25) is 14.9 Å². The molecule has 0 unspecified atom stereocenters. The molecule has 0 saturated carbocycles. The van der Waals surface area contributed by atoms with E-state index >= 15 is 0 Å². The van der Waals surface area contributed by atoms with Crippen molar-refractivity contribution in [2.45, 2.75) is 0 Å². The van der Waals surface area contributed by atoms with Crippen molar-refractivity contribution in [2.24, 2.45) is 4.99 Å². The number of aliphatic imine (C=N–C) groups is 1. The number of nitro groups is 1. The summed E-state index contributed by atoms with van der Waals surface area (Å²) in [6.07, 6.45) is 1.31. The zero-order valence-electron chi connectivity index (χ0n) is 13.8. The van der Waals surface area contributed by atoms with E-state index in [1.165, 1.54) is 43.5 Å². The fraction of sp³-hybridized carbons (Fsp3) is 0.0588. The summed E-state index contributed by atoms with van der Waals surface area (Å²) >= 11 is 0.981. The molecule has 1 aliphatic rings. The van der Waals surface area contributed by atoms with Gasteiger partial charge < -0.3 is 15.2 Å². The lowest BCUT2D eigenvalue weighted by Crippen LogP contribution is -2.19. The molecule has 0 bridgehead atoms. The summed E-state index contributed by atoms with van der Waals surface area (Å²) in [5, 5.41) is 23.7. The van der Waals surface area contributed by atoms with Crippen molar-refractivity contribution in [3.8, 4) is 11.5 Å². The SMILES string of the molecule is COc1cc(/C=C2/SC(=Nc3ccc(F)cc3)NC2=O)c([N+](=O)[O-])cc1O. The van der Waals surface area contributed by atoms with Crippen LogP contribution in [0.5, 0.6) is 11.5 Å². The summed E-state index contributed by atoms with van der Waals surface area (Å²) in [6.45, 7) is 0. The molecule has 138 valence electrons. The Bertz CT molecular complexity index is 989. The van der Waals surface area contributed by atoms with Crippen LogP contribution < -0.4 is 10.1 Å². The van der Waals surface area contributed by atoms with Crippen molar-refractivity contribution in [1.82, 2.24) is 5.32 Å². The van der Waals surface area contributed by atoms with Crippen LogP contribution in [0.4, 0.5) is 15.8 Å². The molecule has 2 aromatic carbocycles. The molecule has 0 spiro atoms. The number of phenols is 1. The predicted molar refractivity (Wildman–Crippen MR) is 98.5 cm³/mol. The fourth-order valence-electron chi connectivity index (χ4n) is 2.26. The van der Waals surface area contributed by atoms with E-state index in [9.17, 15) is 24.4 Å². The quantitative estimate of drug-likeness (QED) is 0.471.